The normalized spacial score (nSPS) is 15.4. The van der Waals surface area contributed by atoms with Crippen LogP contribution in [0.5, 0.6) is 0 Å². The number of nitrogens with zero attached hydrogens (tertiary/aromatic N) is 1. The zero-order chi connectivity index (χ0) is 22.8. The Kier molecular flexibility index (Phi) is 6.59. The smallest absolute Gasteiger partial charge is 0.270 e. The predicted octanol–water partition coefficient (Wildman–Crippen LogP) is 3.00. The van der Waals surface area contributed by atoms with Crippen LogP contribution in [0.25, 0.3) is 0 Å². The molecule has 164 valence electrons. The second-order valence-electron chi connectivity index (χ2n) is 7.94. The van der Waals surface area contributed by atoms with E-state index in [2.05, 4.69) is 10.3 Å². The number of aryl methyl sites for hydroxylation is 1. The van der Waals surface area contributed by atoms with Gasteiger partial charge >= 0.3 is 0 Å². The van der Waals surface area contributed by atoms with E-state index in [9.17, 15) is 18.0 Å². The van der Waals surface area contributed by atoms with E-state index < -0.39 is 21.0 Å². The highest BCUT2D eigenvalue weighted by atomic mass is 32.2. The number of benzene rings is 2. The van der Waals surface area contributed by atoms with Crippen molar-refractivity contribution in [2.45, 2.75) is 37.4 Å². The Morgan fingerprint density at radius 1 is 1.26 bits per heavy atom. The molecule has 0 heterocycles. The maximum absolute atomic E-state index is 12.7. The molecule has 1 aliphatic rings. The molecule has 1 atom stereocenters. The Hall–Kier alpha value is -3.00. The van der Waals surface area contributed by atoms with E-state index in [-0.39, 0.29) is 23.7 Å². The molecule has 1 amide bonds. The minimum atomic E-state index is -3.53. The number of aldehydes is 1. The summed E-state index contributed by atoms with van der Waals surface area (Å²) in [6.45, 7) is 1.96. The first-order valence-corrected chi connectivity index (χ1v) is 12.0. The molecule has 1 fully saturated rings. The van der Waals surface area contributed by atoms with Gasteiger partial charge in [-0.05, 0) is 61.1 Å². The molecule has 2 aromatic rings. The molecule has 2 aromatic carbocycles. The molecular formula is C23H27N3O4S. The fraction of sp³-hybridized carbons (Fsp3) is 0.348. The predicted molar refractivity (Wildman–Crippen MR) is 123 cm³/mol. The van der Waals surface area contributed by atoms with Gasteiger partial charge in [0.1, 0.15) is 12.0 Å². The zero-order valence-electron chi connectivity index (χ0n) is 17.9. The van der Waals surface area contributed by atoms with Crippen molar-refractivity contribution in [2.24, 2.45) is 4.99 Å². The highest BCUT2D eigenvalue weighted by molar-refractivity contribution is 7.91. The molecule has 0 bridgehead atoms. The number of carbonyl (C=O) groups excluding carboxylic acids is 2. The lowest BCUT2D eigenvalue weighted by molar-refractivity contribution is -0.114. The first-order valence-electron chi connectivity index (χ1n) is 10.1. The van der Waals surface area contributed by atoms with Gasteiger partial charge < -0.3 is 15.8 Å². The molecule has 0 aliphatic heterocycles. The number of carbonyl (C=O) groups is 2. The first kappa shape index (κ1) is 22.7. The first-order chi connectivity index (χ1) is 14.7. The van der Waals surface area contributed by atoms with E-state index in [1.165, 1.54) is 7.05 Å². The fourth-order valence-corrected chi connectivity index (χ4v) is 4.70. The highest BCUT2D eigenvalue weighted by Crippen LogP contribution is 2.46. The number of hydrogen-bond donors (Lipinski definition) is 2. The van der Waals surface area contributed by atoms with Gasteiger partial charge in [0.25, 0.3) is 5.91 Å². The number of likely N-dealkylation sites (N-methyl/N-ethyl adjacent to an activating group) is 1. The Morgan fingerprint density at radius 2 is 1.90 bits per heavy atom. The molecule has 0 radical (unpaired) electrons. The number of anilines is 1. The number of amides is 1. The number of rotatable bonds is 8. The van der Waals surface area contributed by atoms with Crippen molar-refractivity contribution in [3.8, 4) is 0 Å². The lowest BCUT2D eigenvalue weighted by Crippen LogP contribution is -2.29. The van der Waals surface area contributed by atoms with E-state index in [4.69, 9.17) is 5.73 Å². The van der Waals surface area contributed by atoms with Gasteiger partial charge in [-0.1, -0.05) is 17.7 Å². The molecule has 0 aromatic heterocycles. The van der Waals surface area contributed by atoms with Crippen molar-refractivity contribution in [2.75, 3.05) is 19.0 Å². The van der Waals surface area contributed by atoms with Crippen LogP contribution >= 0.6 is 0 Å². The van der Waals surface area contributed by atoms with Crippen LogP contribution in [0.4, 0.5) is 11.4 Å². The molecule has 31 heavy (non-hydrogen) atoms. The van der Waals surface area contributed by atoms with Gasteiger partial charge in [0.2, 0.25) is 0 Å². The summed E-state index contributed by atoms with van der Waals surface area (Å²) in [7, 11) is -2.01. The van der Waals surface area contributed by atoms with Gasteiger partial charge in [0.15, 0.2) is 9.84 Å². The fourth-order valence-electron chi connectivity index (χ4n) is 3.60. The Bertz CT molecular complexity index is 1130. The number of sulfone groups is 1. The maximum atomic E-state index is 12.7. The summed E-state index contributed by atoms with van der Waals surface area (Å²) in [6, 6.07) is 10.8. The van der Waals surface area contributed by atoms with Gasteiger partial charge in [-0.3, -0.25) is 4.79 Å². The third-order valence-corrected chi connectivity index (χ3v) is 6.90. The molecule has 3 N–H and O–H groups in total. The van der Waals surface area contributed by atoms with Gasteiger partial charge in [-0.25, -0.2) is 13.4 Å². The third kappa shape index (κ3) is 5.19. The van der Waals surface area contributed by atoms with E-state index in [1.807, 2.05) is 31.2 Å². The van der Waals surface area contributed by atoms with Gasteiger partial charge in [0, 0.05) is 31.0 Å². The van der Waals surface area contributed by atoms with Gasteiger partial charge in [0.05, 0.1) is 10.9 Å². The standard InChI is InChI=1S/C23H27N3O4S/c1-14-4-8-16(9-5-14)26-22(23(28)25-2)19-12-17(15-6-7-15)18(13-20(19)24)21(10-11-27)31(3,29)30/h4-5,8-9,11-13,15,21H,6-7,10,24H2,1-3H3,(H,25,28). The molecule has 0 spiro atoms. The SMILES string of the molecule is CNC(=O)C(=Nc1ccc(C)cc1)c1cc(C2CC2)c(C(CC=O)S(C)(=O)=O)cc1N. The quantitative estimate of drug-likeness (QED) is 0.371. The molecule has 8 heteroatoms. The second kappa shape index (κ2) is 9.01. The van der Waals surface area contributed by atoms with Crippen LogP contribution in [0.15, 0.2) is 41.4 Å². The summed E-state index contributed by atoms with van der Waals surface area (Å²) in [6.07, 6.45) is 3.42. The van der Waals surface area contributed by atoms with Crippen LogP contribution in [-0.4, -0.2) is 39.6 Å². The Balaban J connectivity index is 2.19. The number of aliphatic imine (C=N–C) groups is 1. The number of nitrogens with one attached hydrogen (secondary N) is 1. The van der Waals surface area contributed by atoms with E-state index in [0.717, 1.165) is 30.2 Å². The average Bonchev–Trinajstić information content (AvgIpc) is 3.55. The summed E-state index contributed by atoms with van der Waals surface area (Å²) in [4.78, 5) is 28.4. The summed E-state index contributed by atoms with van der Waals surface area (Å²) < 4.78 is 24.8. The van der Waals surface area contributed by atoms with E-state index >= 15 is 0 Å². The van der Waals surface area contributed by atoms with Crippen molar-refractivity contribution >= 4 is 39.1 Å². The Morgan fingerprint density at radius 3 is 2.42 bits per heavy atom. The van der Waals surface area contributed by atoms with Crippen LogP contribution in [-0.2, 0) is 19.4 Å². The number of nitrogen functional groups attached to an aromatic ring is 1. The van der Waals surface area contributed by atoms with Crippen molar-refractivity contribution in [1.29, 1.82) is 0 Å². The second-order valence-corrected chi connectivity index (χ2v) is 10.2. The minimum Gasteiger partial charge on any atom is -0.398 e. The molecule has 3 rings (SSSR count). The van der Waals surface area contributed by atoms with Crippen LogP contribution < -0.4 is 11.1 Å². The van der Waals surface area contributed by atoms with Crippen LogP contribution in [0.1, 0.15) is 52.7 Å². The minimum absolute atomic E-state index is 0.142. The van der Waals surface area contributed by atoms with Gasteiger partial charge in [-0.2, -0.15) is 0 Å². The third-order valence-electron chi connectivity index (χ3n) is 5.42. The highest BCUT2D eigenvalue weighted by Gasteiger charge is 2.34. The zero-order valence-corrected chi connectivity index (χ0v) is 18.7. The average molecular weight is 442 g/mol. The molecule has 1 unspecified atom stereocenters. The largest absolute Gasteiger partial charge is 0.398 e. The summed E-state index contributed by atoms with van der Waals surface area (Å²) >= 11 is 0. The monoisotopic (exact) mass is 441 g/mol. The number of hydrogen-bond acceptors (Lipinski definition) is 6. The molecular weight excluding hydrogens is 414 g/mol. The summed E-state index contributed by atoms with van der Waals surface area (Å²) in [5.74, 6) is -0.218. The van der Waals surface area contributed by atoms with Crippen molar-refractivity contribution in [3.63, 3.8) is 0 Å². The summed E-state index contributed by atoms with van der Waals surface area (Å²) in [5, 5.41) is 1.64. The lowest BCUT2D eigenvalue weighted by atomic mass is 9.93. The van der Waals surface area contributed by atoms with E-state index in [1.54, 1.807) is 12.1 Å². The molecule has 1 saturated carbocycles. The van der Waals surface area contributed by atoms with Crippen molar-refractivity contribution in [3.05, 3.63) is 58.7 Å². The van der Waals surface area contributed by atoms with Crippen molar-refractivity contribution < 1.29 is 18.0 Å². The van der Waals surface area contributed by atoms with Crippen LogP contribution in [0.2, 0.25) is 0 Å². The topological polar surface area (TPSA) is 119 Å². The van der Waals surface area contributed by atoms with Gasteiger partial charge in [-0.15, -0.1) is 0 Å². The van der Waals surface area contributed by atoms with Crippen LogP contribution in [0.3, 0.4) is 0 Å². The molecule has 1 aliphatic carbocycles. The van der Waals surface area contributed by atoms with Crippen molar-refractivity contribution in [1.82, 2.24) is 5.32 Å². The number of nitrogens with two attached hydrogens (primary N) is 1. The molecule has 7 nitrogen and oxygen atoms in total. The summed E-state index contributed by atoms with van der Waals surface area (Å²) in [5.41, 5.74) is 10.2. The lowest BCUT2D eigenvalue weighted by Gasteiger charge is -2.20. The Labute approximate surface area is 182 Å². The van der Waals surface area contributed by atoms with E-state index in [0.29, 0.717) is 23.1 Å². The van der Waals surface area contributed by atoms with Crippen LogP contribution in [0, 0.1) is 6.92 Å². The maximum Gasteiger partial charge on any atom is 0.270 e. The molecule has 0 saturated heterocycles.